The Hall–Kier alpha value is -2.37. The van der Waals surface area contributed by atoms with E-state index in [4.69, 9.17) is 5.73 Å². The minimum absolute atomic E-state index is 0.149. The van der Waals surface area contributed by atoms with Gasteiger partial charge in [0.15, 0.2) is 0 Å². The van der Waals surface area contributed by atoms with Crippen LogP contribution in [0.2, 0.25) is 0 Å². The van der Waals surface area contributed by atoms with Crippen molar-refractivity contribution in [1.29, 1.82) is 0 Å². The zero-order valence-corrected chi connectivity index (χ0v) is 14.9. The van der Waals surface area contributed by atoms with Crippen molar-refractivity contribution in [2.45, 2.75) is 64.5 Å². The first-order valence-corrected chi connectivity index (χ1v) is 8.92. The standard InChI is InChI=1S/C19H29N3O3/c1-2-3-4-5-9-12-17(23)22-16(19(20)25)13-18(24)21-14-15-10-7-6-8-11-15/h6-8,10-11,16H,2-5,9,12-14H2,1H3,(H2,20,25)(H,21,24)(H,22,23). The molecule has 4 N–H and O–H groups in total. The molecule has 0 heterocycles. The Morgan fingerprint density at radius 2 is 1.68 bits per heavy atom. The van der Waals surface area contributed by atoms with Gasteiger partial charge >= 0.3 is 0 Å². The molecule has 0 aromatic heterocycles. The molecule has 1 rings (SSSR count). The lowest BCUT2D eigenvalue weighted by molar-refractivity contribution is -0.130. The van der Waals surface area contributed by atoms with Crippen LogP contribution in [0.1, 0.15) is 57.4 Å². The maximum absolute atomic E-state index is 12.0. The first kappa shape index (κ1) is 20.7. The third-order valence-electron chi connectivity index (χ3n) is 3.91. The Bertz CT molecular complexity index is 546. The number of carbonyl (C=O) groups is 3. The van der Waals surface area contributed by atoms with Gasteiger partial charge in [-0.3, -0.25) is 14.4 Å². The van der Waals surface area contributed by atoms with E-state index >= 15 is 0 Å². The fraction of sp³-hybridized carbons (Fsp3) is 0.526. The van der Waals surface area contributed by atoms with Crippen LogP contribution in [-0.4, -0.2) is 23.8 Å². The second kappa shape index (κ2) is 12.1. The summed E-state index contributed by atoms with van der Waals surface area (Å²) in [5, 5.41) is 5.29. The maximum Gasteiger partial charge on any atom is 0.240 e. The molecule has 1 aromatic rings. The summed E-state index contributed by atoms with van der Waals surface area (Å²) in [5.41, 5.74) is 6.26. The molecule has 0 aliphatic rings. The molecule has 6 nitrogen and oxygen atoms in total. The number of rotatable bonds is 12. The summed E-state index contributed by atoms with van der Waals surface area (Å²) in [6.07, 6.45) is 5.37. The summed E-state index contributed by atoms with van der Waals surface area (Å²) >= 11 is 0. The molecule has 0 aliphatic carbocycles. The van der Waals surface area contributed by atoms with Crippen molar-refractivity contribution in [2.75, 3.05) is 0 Å². The molecule has 1 unspecified atom stereocenters. The normalized spacial score (nSPS) is 11.6. The van der Waals surface area contributed by atoms with E-state index in [2.05, 4.69) is 17.6 Å². The second-order valence-corrected chi connectivity index (χ2v) is 6.15. The summed E-state index contributed by atoms with van der Waals surface area (Å²) in [5.74, 6) is -1.26. The number of unbranched alkanes of at least 4 members (excludes halogenated alkanes) is 4. The first-order valence-electron chi connectivity index (χ1n) is 8.92. The summed E-state index contributed by atoms with van der Waals surface area (Å²) in [6, 6.07) is 8.48. The van der Waals surface area contributed by atoms with E-state index in [1.54, 1.807) is 0 Å². The molecular formula is C19H29N3O3. The molecule has 0 saturated carbocycles. The van der Waals surface area contributed by atoms with Gasteiger partial charge in [-0.2, -0.15) is 0 Å². The summed E-state index contributed by atoms with van der Waals surface area (Å²) in [6.45, 7) is 2.50. The molecule has 0 aliphatic heterocycles. The molecule has 1 atom stereocenters. The quantitative estimate of drug-likeness (QED) is 0.504. The predicted octanol–water partition coefficient (Wildman–Crippen LogP) is 2.02. The number of primary amides is 1. The SMILES string of the molecule is CCCCCCCC(=O)NC(CC(=O)NCc1ccccc1)C(N)=O. The van der Waals surface area contributed by atoms with Crippen molar-refractivity contribution < 1.29 is 14.4 Å². The third kappa shape index (κ3) is 9.49. The Kier molecular flexibility index (Phi) is 9.97. The molecule has 0 fully saturated rings. The van der Waals surface area contributed by atoms with Crippen molar-refractivity contribution in [2.24, 2.45) is 5.73 Å². The molecule has 0 bridgehead atoms. The first-order chi connectivity index (χ1) is 12.0. The van der Waals surface area contributed by atoms with Crippen molar-refractivity contribution in [3.63, 3.8) is 0 Å². The van der Waals surface area contributed by atoms with Crippen molar-refractivity contribution >= 4 is 17.7 Å². The van der Waals surface area contributed by atoms with Gasteiger partial charge in [0.05, 0.1) is 6.42 Å². The van der Waals surface area contributed by atoms with E-state index in [1.807, 2.05) is 30.3 Å². The van der Waals surface area contributed by atoms with Gasteiger partial charge in [0.1, 0.15) is 6.04 Å². The predicted molar refractivity (Wildman–Crippen MR) is 97.4 cm³/mol. The highest BCUT2D eigenvalue weighted by Gasteiger charge is 2.21. The van der Waals surface area contributed by atoms with Crippen LogP contribution in [0, 0.1) is 0 Å². The average molecular weight is 347 g/mol. The lowest BCUT2D eigenvalue weighted by Crippen LogP contribution is -2.47. The number of hydrogen-bond acceptors (Lipinski definition) is 3. The van der Waals surface area contributed by atoms with Gasteiger partial charge in [-0.15, -0.1) is 0 Å². The van der Waals surface area contributed by atoms with Gasteiger partial charge in [-0.1, -0.05) is 62.9 Å². The van der Waals surface area contributed by atoms with Gasteiger partial charge < -0.3 is 16.4 Å². The number of carbonyl (C=O) groups excluding carboxylic acids is 3. The van der Waals surface area contributed by atoms with Crippen LogP contribution < -0.4 is 16.4 Å². The Morgan fingerprint density at radius 1 is 1.00 bits per heavy atom. The van der Waals surface area contributed by atoms with Crippen LogP contribution in [0.3, 0.4) is 0 Å². The number of hydrogen-bond donors (Lipinski definition) is 3. The van der Waals surface area contributed by atoms with Crippen LogP contribution in [0.4, 0.5) is 0 Å². The molecule has 0 saturated heterocycles. The monoisotopic (exact) mass is 347 g/mol. The van der Waals surface area contributed by atoms with Crippen LogP contribution in [0.15, 0.2) is 30.3 Å². The lowest BCUT2D eigenvalue weighted by Gasteiger charge is -2.15. The van der Waals surface area contributed by atoms with E-state index in [0.29, 0.717) is 13.0 Å². The van der Waals surface area contributed by atoms with Gasteiger partial charge in [-0.25, -0.2) is 0 Å². The van der Waals surface area contributed by atoms with Crippen LogP contribution in [0.25, 0.3) is 0 Å². The minimum atomic E-state index is -0.973. The van der Waals surface area contributed by atoms with Gasteiger partial charge in [0.2, 0.25) is 17.7 Å². The molecule has 1 aromatic carbocycles. The summed E-state index contributed by atoms with van der Waals surface area (Å²) < 4.78 is 0. The van der Waals surface area contributed by atoms with Crippen molar-refractivity contribution in [3.05, 3.63) is 35.9 Å². The highest BCUT2D eigenvalue weighted by Crippen LogP contribution is 2.05. The molecule has 138 valence electrons. The minimum Gasteiger partial charge on any atom is -0.368 e. The Morgan fingerprint density at radius 3 is 2.32 bits per heavy atom. The summed E-state index contributed by atoms with van der Waals surface area (Å²) in [4.78, 5) is 35.4. The molecule has 0 spiro atoms. The van der Waals surface area contributed by atoms with Gasteiger partial charge in [-0.05, 0) is 12.0 Å². The zero-order chi connectivity index (χ0) is 18.5. The van der Waals surface area contributed by atoms with Gasteiger partial charge in [0, 0.05) is 13.0 Å². The second-order valence-electron chi connectivity index (χ2n) is 6.15. The topological polar surface area (TPSA) is 101 Å². The van der Waals surface area contributed by atoms with Crippen LogP contribution >= 0.6 is 0 Å². The van der Waals surface area contributed by atoms with E-state index in [9.17, 15) is 14.4 Å². The molecule has 0 radical (unpaired) electrons. The number of benzene rings is 1. The molecule has 3 amide bonds. The number of amides is 3. The Labute approximate surface area is 149 Å². The van der Waals surface area contributed by atoms with Crippen molar-refractivity contribution in [1.82, 2.24) is 10.6 Å². The zero-order valence-electron chi connectivity index (χ0n) is 14.9. The Balaban J connectivity index is 2.33. The van der Waals surface area contributed by atoms with Gasteiger partial charge in [0.25, 0.3) is 0 Å². The number of nitrogens with two attached hydrogens (primary N) is 1. The fourth-order valence-electron chi connectivity index (χ4n) is 2.43. The highest BCUT2D eigenvalue weighted by atomic mass is 16.2. The maximum atomic E-state index is 12.0. The smallest absolute Gasteiger partial charge is 0.240 e. The molecule has 25 heavy (non-hydrogen) atoms. The van der Waals surface area contributed by atoms with E-state index in [1.165, 1.54) is 0 Å². The summed E-state index contributed by atoms with van der Waals surface area (Å²) in [7, 11) is 0. The largest absolute Gasteiger partial charge is 0.368 e. The van der Waals surface area contributed by atoms with Crippen LogP contribution in [-0.2, 0) is 20.9 Å². The average Bonchev–Trinajstić information content (AvgIpc) is 2.60. The van der Waals surface area contributed by atoms with E-state index < -0.39 is 11.9 Å². The van der Waals surface area contributed by atoms with E-state index in [0.717, 1.165) is 37.7 Å². The number of nitrogens with one attached hydrogen (secondary N) is 2. The lowest BCUT2D eigenvalue weighted by atomic mass is 10.1. The third-order valence-corrected chi connectivity index (χ3v) is 3.91. The fourth-order valence-corrected chi connectivity index (χ4v) is 2.43. The van der Waals surface area contributed by atoms with Crippen molar-refractivity contribution in [3.8, 4) is 0 Å². The molecule has 6 heteroatoms. The van der Waals surface area contributed by atoms with E-state index in [-0.39, 0.29) is 18.2 Å². The van der Waals surface area contributed by atoms with Crippen LogP contribution in [0.5, 0.6) is 0 Å². The molecular weight excluding hydrogens is 318 g/mol. The highest BCUT2D eigenvalue weighted by molar-refractivity contribution is 5.91.